The molecule has 1 nitrogen and oxygen atoms in total. The molecule has 0 bridgehead atoms. The molecule has 1 N–H and O–H groups in total. The number of rotatable bonds is 9. The van der Waals surface area contributed by atoms with Crippen LogP contribution in [-0.2, 0) is 6.42 Å². The van der Waals surface area contributed by atoms with Gasteiger partial charge in [0.15, 0.2) is 0 Å². The lowest BCUT2D eigenvalue weighted by molar-refractivity contribution is 0.167. The molecule has 1 aliphatic carbocycles. The molecule has 0 amide bonds. The highest BCUT2D eigenvalue weighted by atomic mass is 16.3. The van der Waals surface area contributed by atoms with Crippen LogP contribution in [0.1, 0.15) is 77.7 Å². The van der Waals surface area contributed by atoms with Crippen LogP contribution in [0, 0.1) is 0 Å². The van der Waals surface area contributed by atoms with Crippen LogP contribution in [0.2, 0.25) is 0 Å². The zero-order valence-electron chi connectivity index (χ0n) is 18.1. The Labute approximate surface area is 172 Å². The van der Waals surface area contributed by atoms with Crippen LogP contribution >= 0.6 is 0 Å². The molecular formula is C27H38O. The zero-order valence-corrected chi connectivity index (χ0v) is 18.1. The number of benzene rings is 1. The number of aryl methyl sites for hydroxylation is 1. The lowest BCUT2D eigenvalue weighted by atomic mass is 9.89. The fourth-order valence-electron chi connectivity index (χ4n) is 4.00. The summed E-state index contributed by atoms with van der Waals surface area (Å²) in [5.41, 5.74) is 7.12. The Balaban J connectivity index is 2.08. The Kier molecular flexibility index (Phi) is 10.1. The second-order valence-corrected chi connectivity index (χ2v) is 7.90. The van der Waals surface area contributed by atoms with Gasteiger partial charge in [0.05, 0.1) is 6.10 Å². The maximum atomic E-state index is 10.4. The van der Waals surface area contributed by atoms with Crippen molar-refractivity contribution < 1.29 is 5.11 Å². The van der Waals surface area contributed by atoms with Crippen LogP contribution < -0.4 is 0 Å². The lowest BCUT2D eigenvalue weighted by Crippen LogP contribution is -2.05. The molecule has 0 saturated carbocycles. The minimum atomic E-state index is -0.225. The number of unbranched alkanes of at least 4 members (excludes halogenated alkanes) is 2. The molecule has 0 fully saturated rings. The van der Waals surface area contributed by atoms with E-state index in [-0.39, 0.29) is 6.10 Å². The van der Waals surface area contributed by atoms with Crippen LogP contribution in [0.3, 0.4) is 0 Å². The molecule has 0 saturated heterocycles. The predicted octanol–water partition coefficient (Wildman–Crippen LogP) is 7.49. The second kappa shape index (κ2) is 12.6. The highest BCUT2D eigenvalue weighted by Crippen LogP contribution is 2.35. The highest BCUT2D eigenvalue weighted by molar-refractivity contribution is 5.46. The van der Waals surface area contributed by atoms with Crippen LogP contribution in [0.4, 0.5) is 0 Å². The summed E-state index contributed by atoms with van der Waals surface area (Å²) in [6.07, 6.45) is 18.3. The summed E-state index contributed by atoms with van der Waals surface area (Å²) < 4.78 is 0. The quantitative estimate of drug-likeness (QED) is 0.441. The van der Waals surface area contributed by atoms with Crippen LogP contribution in [0.15, 0.2) is 76.9 Å². The summed E-state index contributed by atoms with van der Waals surface area (Å²) in [5.74, 6) is 0. The van der Waals surface area contributed by atoms with Gasteiger partial charge in [0.1, 0.15) is 0 Å². The standard InChI is InChI=1S/C27H38O/c1-4-6-9-17-24-21-25(28)19-20-26(22(3)5-2)27(24)18-13-8-12-16-23-14-10-7-11-15-23/h5-7,9-11,14-15,17,25,28H,4,8,12-13,16,18-21H2,1-3H3/b9-6-,22-5-,24-17+. The van der Waals surface area contributed by atoms with E-state index >= 15 is 0 Å². The van der Waals surface area contributed by atoms with Gasteiger partial charge in [0.25, 0.3) is 0 Å². The third kappa shape index (κ3) is 7.28. The van der Waals surface area contributed by atoms with Crippen LogP contribution in [0.25, 0.3) is 0 Å². The maximum absolute atomic E-state index is 10.4. The van der Waals surface area contributed by atoms with E-state index in [1.165, 1.54) is 53.5 Å². The Hall–Kier alpha value is -1.86. The van der Waals surface area contributed by atoms with Gasteiger partial charge in [-0.3, -0.25) is 0 Å². The molecule has 0 radical (unpaired) electrons. The molecule has 1 atom stereocenters. The van der Waals surface area contributed by atoms with E-state index in [1.807, 2.05) is 0 Å². The molecule has 28 heavy (non-hydrogen) atoms. The fraction of sp³-hybridized carbons (Fsp3) is 0.481. The molecule has 1 aliphatic rings. The van der Waals surface area contributed by atoms with Crippen LogP contribution in [-0.4, -0.2) is 11.2 Å². The number of hydrogen-bond acceptors (Lipinski definition) is 1. The molecule has 0 aromatic heterocycles. The van der Waals surface area contributed by atoms with E-state index in [4.69, 9.17) is 0 Å². The smallest absolute Gasteiger partial charge is 0.0583 e. The Morgan fingerprint density at radius 1 is 1.11 bits per heavy atom. The van der Waals surface area contributed by atoms with Crippen molar-refractivity contribution >= 4 is 0 Å². The van der Waals surface area contributed by atoms with Crippen molar-refractivity contribution in [1.29, 1.82) is 0 Å². The first kappa shape index (κ1) is 22.4. The first-order chi connectivity index (χ1) is 13.7. The number of aliphatic hydroxyl groups excluding tert-OH is 1. The minimum absolute atomic E-state index is 0.225. The van der Waals surface area contributed by atoms with E-state index in [1.54, 1.807) is 0 Å². The molecule has 2 rings (SSSR count). The summed E-state index contributed by atoms with van der Waals surface area (Å²) in [4.78, 5) is 0. The summed E-state index contributed by atoms with van der Waals surface area (Å²) in [7, 11) is 0. The lowest BCUT2D eigenvalue weighted by Gasteiger charge is -2.16. The van der Waals surface area contributed by atoms with E-state index in [0.29, 0.717) is 0 Å². The topological polar surface area (TPSA) is 20.2 Å². The summed E-state index contributed by atoms with van der Waals surface area (Å²) in [6, 6.07) is 10.8. The average molecular weight is 379 g/mol. The van der Waals surface area contributed by atoms with Crippen molar-refractivity contribution in [1.82, 2.24) is 0 Å². The molecule has 0 aliphatic heterocycles. The highest BCUT2D eigenvalue weighted by Gasteiger charge is 2.20. The first-order valence-corrected chi connectivity index (χ1v) is 11.1. The molecule has 1 aromatic rings. The third-order valence-corrected chi connectivity index (χ3v) is 5.75. The van der Waals surface area contributed by atoms with Gasteiger partial charge in [0.2, 0.25) is 0 Å². The largest absolute Gasteiger partial charge is 0.393 e. The van der Waals surface area contributed by atoms with Gasteiger partial charge < -0.3 is 5.11 Å². The normalized spacial score (nSPS) is 20.2. The van der Waals surface area contributed by atoms with Crippen molar-refractivity contribution in [2.24, 2.45) is 0 Å². The molecule has 0 spiro atoms. The van der Waals surface area contributed by atoms with E-state index in [2.05, 4.69) is 75.4 Å². The van der Waals surface area contributed by atoms with E-state index in [0.717, 1.165) is 32.1 Å². The number of hydrogen-bond donors (Lipinski definition) is 1. The number of aliphatic hydroxyl groups is 1. The van der Waals surface area contributed by atoms with Gasteiger partial charge >= 0.3 is 0 Å². The molecule has 0 heterocycles. The van der Waals surface area contributed by atoms with Crippen molar-refractivity contribution in [3.63, 3.8) is 0 Å². The Bertz CT molecular complexity index is 703. The molecule has 152 valence electrons. The summed E-state index contributed by atoms with van der Waals surface area (Å²) in [6.45, 7) is 6.51. The first-order valence-electron chi connectivity index (χ1n) is 11.1. The zero-order chi connectivity index (χ0) is 20.2. The van der Waals surface area contributed by atoms with E-state index in [9.17, 15) is 5.11 Å². The van der Waals surface area contributed by atoms with Gasteiger partial charge in [-0.05, 0) is 87.5 Å². The van der Waals surface area contributed by atoms with Crippen molar-refractivity contribution in [2.45, 2.75) is 84.7 Å². The van der Waals surface area contributed by atoms with Gasteiger partial charge in [0, 0.05) is 0 Å². The van der Waals surface area contributed by atoms with Crippen molar-refractivity contribution in [3.05, 3.63) is 82.5 Å². The Morgan fingerprint density at radius 2 is 1.86 bits per heavy atom. The Morgan fingerprint density at radius 3 is 2.57 bits per heavy atom. The van der Waals surface area contributed by atoms with E-state index < -0.39 is 0 Å². The van der Waals surface area contributed by atoms with Gasteiger partial charge in [-0.25, -0.2) is 0 Å². The monoisotopic (exact) mass is 378 g/mol. The molecule has 1 unspecified atom stereocenters. The molecule has 1 aromatic carbocycles. The second-order valence-electron chi connectivity index (χ2n) is 7.90. The molecule has 1 heteroatoms. The van der Waals surface area contributed by atoms with Crippen molar-refractivity contribution in [2.75, 3.05) is 0 Å². The van der Waals surface area contributed by atoms with Crippen molar-refractivity contribution in [3.8, 4) is 0 Å². The summed E-state index contributed by atoms with van der Waals surface area (Å²) >= 11 is 0. The van der Waals surface area contributed by atoms with Gasteiger partial charge in [-0.15, -0.1) is 0 Å². The van der Waals surface area contributed by atoms with Gasteiger partial charge in [-0.2, -0.15) is 0 Å². The number of allylic oxidation sites excluding steroid dienone is 7. The third-order valence-electron chi connectivity index (χ3n) is 5.75. The van der Waals surface area contributed by atoms with Crippen LogP contribution in [0.5, 0.6) is 0 Å². The average Bonchev–Trinajstić information content (AvgIpc) is 2.87. The SMILES string of the molecule is C/C=C(/C)C1=C(CCCCCc2ccccc2)/C(=C/C=C\CC)CC(O)CC1. The maximum Gasteiger partial charge on any atom is 0.0583 e. The van der Waals surface area contributed by atoms with Gasteiger partial charge in [-0.1, -0.05) is 73.6 Å². The summed E-state index contributed by atoms with van der Waals surface area (Å²) in [5, 5.41) is 10.4. The minimum Gasteiger partial charge on any atom is -0.393 e. The fourth-order valence-corrected chi connectivity index (χ4v) is 4.00. The molecular weight excluding hydrogens is 340 g/mol. The predicted molar refractivity (Wildman–Crippen MR) is 122 cm³/mol.